The highest BCUT2D eigenvalue weighted by Crippen LogP contribution is 2.37. The molecule has 2 heterocycles. The lowest BCUT2D eigenvalue weighted by atomic mass is 10.0. The molecule has 0 fully saturated rings. The van der Waals surface area contributed by atoms with E-state index in [0.29, 0.717) is 11.8 Å². The first-order valence-electron chi connectivity index (χ1n) is 9.50. The summed E-state index contributed by atoms with van der Waals surface area (Å²) in [7, 11) is 0. The van der Waals surface area contributed by atoms with Gasteiger partial charge in [0.25, 0.3) is 0 Å². The Kier molecular flexibility index (Phi) is 5.44. The largest absolute Gasteiger partial charge is 0.494 e. The van der Waals surface area contributed by atoms with Gasteiger partial charge in [-0.1, -0.05) is 36.0 Å². The maximum absolute atomic E-state index is 13.2. The standard InChI is InChI=1S/C21H23N5O2S/c1-4-28-17-10-8-15(9-11-17)18-19(29-21-24-23-14(3)26(21)25-18)20(27)22-16-7-5-6-13(2)12-16/h5-12,18-19,25H,4H2,1-3H3,(H,22,27)/t18-,19+/m1/s1. The minimum Gasteiger partial charge on any atom is -0.494 e. The van der Waals surface area contributed by atoms with Gasteiger partial charge in [-0.15, -0.1) is 10.2 Å². The van der Waals surface area contributed by atoms with Crippen LogP contribution in [0.5, 0.6) is 5.75 Å². The summed E-state index contributed by atoms with van der Waals surface area (Å²) in [5.41, 5.74) is 6.28. The Labute approximate surface area is 173 Å². The number of hydrogen-bond donors (Lipinski definition) is 2. The molecule has 1 aliphatic rings. The number of benzene rings is 2. The van der Waals surface area contributed by atoms with E-state index in [1.807, 2.05) is 74.0 Å². The van der Waals surface area contributed by atoms with Crippen LogP contribution in [0.25, 0.3) is 0 Å². The summed E-state index contributed by atoms with van der Waals surface area (Å²) in [5, 5.41) is 11.6. The number of carbonyl (C=O) groups excluding carboxylic acids is 1. The number of nitrogens with one attached hydrogen (secondary N) is 2. The van der Waals surface area contributed by atoms with Crippen molar-refractivity contribution in [1.82, 2.24) is 14.9 Å². The summed E-state index contributed by atoms with van der Waals surface area (Å²) in [6.07, 6.45) is 0. The van der Waals surface area contributed by atoms with E-state index in [-0.39, 0.29) is 11.9 Å². The summed E-state index contributed by atoms with van der Waals surface area (Å²) < 4.78 is 7.38. The van der Waals surface area contributed by atoms with Gasteiger partial charge in [0.2, 0.25) is 11.1 Å². The van der Waals surface area contributed by atoms with E-state index in [9.17, 15) is 4.79 Å². The van der Waals surface area contributed by atoms with Gasteiger partial charge in [0.05, 0.1) is 12.6 Å². The van der Waals surface area contributed by atoms with Gasteiger partial charge >= 0.3 is 0 Å². The number of hydrogen-bond acceptors (Lipinski definition) is 6. The van der Waals surface area contributed by atoms with Crippen LogP contribution in [-0.2, 0) is 4.79 Å². The van der Waals surface area contributed by atoms with Crippen molar-refractivity contribution in [3.05, 3.63) is 65.5 Å². The number of anilines is 1. The Morgan fingerprint density at radius 2 is 2.00 bits per heavy atom. The Morgan fingerprint density at radius 3 is 2.72 bits per heavy atom. The molecule has 2 aromatic carbocycles. The molecule has 1 amide bonds. The zero-order chi connectivity index (χ0) is 20.4. The molecule has 3 aromatic rings. The quantitative estimate of drug-likeness (QED) is 0.669. The summed E-state index contributed by atoms with van der Waals surface area (Å²) >= 11 is 1.41. The van der Waals surface area contributed by atoms with Crippen molar-refractivity contribution >= 4 is 23.4 Å². The van der Waals surface area contributed by atoms with Gasteiger partial charge < -0.3 is 15.5 Å². The van der Waals surface area contributed by atoms with Crippen molar-refractivity contribution in [3.63, 3.8) is 0 Å². The second-order valence-corrected chi connectivity index (χ2v) is 7.98. The first-order valence-corrected chi connectivity index (χ1v) is 10.4. The highest BCUT2D eigenvalue weighted by atomic mass is 32.2. The van der Waals surface area contributed by atoms with Crippen LogP contribution in [0.15, 0.2) is 53.7 Å². The zero-order valence-electron chi connectivity index (χ0n) is 16.5. The summed E-state index contributed by atoms with van der Waals surface area (Å²) in [5.74, 6) is 1.47. The lowest BCUT2D eigenvalue weighted by molar-refractivity contribution is -0.116. The molecule has 0 saturated heterocycles. The number of nitrogens with zero attached hydrogens (tertiary/aromatic N) is 3. The number of aromatic nitrogens is 3. The maximum Gasteiger partial charge on any atom is 0.240 e. The topological polar surface area (TPSA) is 81.1 Å². The molecule has 0 spiro atoms. The van der Waals surface area contributed by atoms with E-state index in [0.717, 1.165) is 28.4 Å². The van der Waals surface area contributed by atoms with Crippen LogP contribution >= 0.6 is 11.8 Å². The van der Waals surface area contributed by atoms with Crippen LogP contribution in [0.4, 0.5) is 5.69 Å². The minimum atomic E-state index is -0.412. The van der Waals surface area contributed by atoms with Crippen LogP contribution in [0.2, 0.25) is 0 Å². The number of carbonyl (C=O) groups is 1. The molecule has 0 radical (unpaired) electrons. The van der Waals surface area contributed by atoms with Gasteiger partial charge in [-0.2, -0.15) is 0 Å². The van der Waals surface area contributed by atoms with Crippen molar-refractivity contribution in [1.29, 1.82) is 0 Å². The first-order chi connectivity index (χ1) is 14.0. The smallest absolute Gasteiger partial charge is 0.240 e. The van der Waals surface area contributed by atoms with E-state index >= 15 is 0 Å². The fourth-order valence-electron chi connectivity index (χ4n) is 3.28. The second kappa shape index (κ2) is 8.16. The van der Waals surface area contributed by atoms with Gasteiger partial charge in [0.1, 0.15) is 16.8 Å². The molecule has 150 valence electrons. The highest BCUT2D eigenvalue weighted by molar-refractivity contribution is 8.00. The number of rotatable bonds is 5. The number of ether oxygens (including phenoxy) is 1. The summed E-state index contributed by atoms with van der Waals surface area (Å²) in [4.78, 5) is 13.2. The van der Waals surface area contributed by atoms with Crippen molar-refractivity contribution in [2.75, 3.05) is 17.3 Å². The number of fused-ring (bicyclic) bond motifs is 1. The van der Waals surface area contributed by atoms with Gasteiger partial charge in [-0.3, -0.25) is 4.79 Å². The molecule has 7 nitrogen and oxygen atoms in total. The van der Waals surface area contributed by atoms with Gasteiger partial charge in [0.15, 0.2) is 0 Å². The van der Waals surface area contributed by atoms with Crippen molar-refractivity contribution in [2.24, 2.45) is 0 Å². The Hall–Kier alpha value is -3.00. The van der Waals surface area contributed by atoms with Crippen molar-refractivity contribution < 1.29 is 9.53 Å². The molecule has 2 atom stereocenters. The maximum atomic E-state index is 13.2. The third-order valence-electron chi connectivity index (χ3n) is 4.69. The molecule has 4 rings (SSSR count). The van der Waals surface area contributed by atoms with E-state index in [1.165, 1.54) is 11.8 Å². The van der Waals surface area contributed by atoms with Crippen LogP contribution in [-0.4, -0.2) is 32.6 Å². The van der Waals surface area contributed by atoms with Gasteiger partial charge in [-0.05, 0) is 56.2 Å². The highest BCUT2D eigenvalue weighted by Gasteiger charge is 2.37. The predicted molar refractivity (Wildman–Crippen MR) is 114 cm³/mol. The predicted octanol–water partition coefficient (Wildman–Crippen LogP) is 3.69. The molecule has 0 saturated carbocycles. The van der Waals surface area contributed by atoms with E-state index in [4.69, 9.17) is 4.74 Å². The molecule has 0 unspecified atom stereocenters. The number of aryl methyl sites for hydroxylation is 2. The zero-order valence-corrected chi connectivity index (χ0v) is 17.4. The third-order valence-corrected chi connectivity index (χ3v) is 5.91. The molecule has 29 heavy (non-hydrogen) atoms. The Bertz CT molecular complexity index is 1020. The average molecular weight is 410 g/mol. The summed E-state index contributed by atoms with van der Waals surface area (Å²) in [6, 6.07) is 15.4. The average Bonchev–Trinajstić information content (AvgIpc) is 3.08. The fraction of sp³-hybridized carbons (Fsp3) is 0.286. The molecule has 0 aliphatic carbocycles. The van der Waals surface area contributed by atoms with Crippen molar-refractivity contribution in [3.8, 4) is 5.75 Å². The SMILES string of the molecule is CCOc1ccc([C@H]2Nn3c(C)nnc3S[C@@H]2C(=O)Nc2cccc(C)c2)cc1. The third kappa shape index (κ3) is 4.07. The molecule has 1 aromatic heterocycles. The van der Waals surface area contributed by atoms with Crippen LogP contribution in [0.3, 0.4) is 0 Å². The molecule has 2 N–H and O–H groups in total. The first kappa shape index (κ1) is 19.3. The van der Waals surface area contributed by atoms with Crippen molar-refractivity contribution in [2.45, 2.75) is 37.2 Å². The lowest BCUT2D eigenvalue weighted by Crippen LogP contribution is -2.41. The molecule has 8 heteroatoms. The van der Waals surface area contributed by atoms with Crippen LogP contribution < -0.4 is 15.5 Å². The normalized spacial score (nSPS) is 17.9. The fourth-order valence-corrected chi connectivity index (χ4v) is 4.41. The van der Waals surface area contributed by atoms with E-state index in [2.05, 4.69) is 20.9 Å². The van der Waals surface area contributed by atoms with E-state index < -0.39 is 5.25 Å². The monoisotopic (exact) mass is 409 g/mol. The molecule has 1 aliphatic heterocycles. The second-order valence-electron chi connectivity index (χ2n) is 6.87. The number of amides is 1. The summed E-state index contributed by atoms with van der Waals surface area (Å²) in [6.45, 7) is 6.45. The Balaban J connectivity index is 1.64. The lowest BCUT2D eigenvalue weighted by Gasteiger charge is -2.32. The molecule has 0 bridgehead atoms. The molecular weight excluding hydrogens is 386 g/mol. The van der Waals surface area contributed by atoms with Crippen LogP contribution in [0.1, 0.15) is 29.9 Å². The van der Waals surface area contributed by atoms with Gasteiger partial charge in [0, 0.05) is 5.69 Å². The minimum absolute atomic E-state index is 0.0844. The molecular formula is C21H23N5O2S. The number of thioether (sulfide) groups is 1. The Morgan fingerprint density at radius 1 is 1.21 bits per heavy atom. The van der Waals surface area contributed by atoms with E-state index in [1.54, 1.807) is 0 Å². The van der Waals surface area contributed by atoms with Crippen LogP contribution in [0, 0.1) is 13.8 Å². The van der Waals surface area contributed by atoms with Gasteiger partial charge in [-0.25, -0.2) is 4.68 Å².